The summed E-state index contributed by atoms with van der Waals surface area (Å²) in [6.07, 6.45) is 0.155. The van der Waals surface area contributed by atoms with Crippen molar-refractivity contribution in [1.29, 1.82) is 0 Å². The second kappa shape index (κ2) is 9.23. The molecule has 2 aromatic carbocycles. The average molecular weight is 422 g/mol. The third kappa shape index (κ3) is 4.62. The summed E-state index contributed by atoms with van der Waals surface area (Å²) in [5.41, 5.74) is 5.77. The normalized spacial score (nSPS) is 12.0. The summed E-state index contributed by atoms with van der Waals surface area (Å²) in [6.45, 7) is 3.73. The van der Waals surface area contributed by atoms with Crippen LogP contribution >= 0.6 is 0 Å². The van der Waals surface area contributed by atoms with E-state index in [4.69, 9.17) is 4.74 Å². The van der Waals surface area contributed by atoms with Crippen LogP contribution in [0.5, 0.6) is 5.75 Å². The van der Waals surface area contributed by atoms with E-state index in [1.807, 2.05) is 24.5 Å². The highest BCUT2D eigenvalue weighted by molar-refractivity contribution is 5.86. The van der Waals surface area contributed by atoms with Gasteiger partial charge in [-0.25, -0.2) is 5.43 Å². The summed E-state index contributed by atoms with van der Waals surface area (Å²) in [6, 6.07) is 14.8. The van der Waals surface area contributed by atoms with E-state index in [1.165, 1.54) is 25.5 Å². The van der Waals surface area contributed by atoms with Crippen LogP contribution in [0.2, 0.25) is 0 Å². The number of carbonyl (C=O) groups is 1. The van der Waals surface area contributed by atoms with E-state index in [9.17, 15) is 20.0 Å². The number of nitro benzene ring substituents is 1. The fourth-order valence-corrected chi connectivity index (χ4v) is 3.27. The highest BCUT2D eigenvalue weighted by Gasteiger charge is 2.18. The van der Waals surface area contributed by atoms with Crippen LogP contribution in [0.1, 0.15) is 28.6 Å². The molecule has 2 N–H and O–H groups in total. The number of nitro groups is 1. The van der Waals surface area contributed by atoms with E-state index in [0.717, 1.165) is 17.0 Å². The Kier molecular flexibility index (Phi) is 6.46. The van der Waals surface area contributed by atoms with Crippen molar-refractivity contribution in [3.63, 3.8) is 0 Å². The van der Waals surface area contributed by atoms with Crippen LogP contribution in [0, 0.1) is 24.0 Å². The predicted molar refractivity (Wildman–Crippen MR) is 116 cm³/mol. The number of ether oxygens (including phenoxy) is 1. The second-order valence-electron chi connectivity index (χ2n) is 6.82. The number of rotatable bonds is 7. The molecule has 9 nitrogen and oxygen atoms in total. The van der Waals surface area contributed by atoms with E-state index in [-0.39, 0.29) is 5.69 Å². The van der Waals surface area contributed by atoms with Gasteiger partial charge in [-0.3, -0.25) is 14.9 Å². The van der Waals surface area contributed by atoms with Crippen molar-refractivity contribution in [2.45, 2.75) is 20.0 Å². The first-order valence-electron chi connectivity index (χ1n) is 9.41. The van der Waals surface area contributed by atoms with Gasteiger partial charge in [-0.1, -0.05) is 30.3 Å². The Morgan fingerprint density at radius 2 is 1.94 bits per heavy atom. The van der Waals surface area contributed by atoms with Gasteiger partial charge < -0.3 is 14.4 Å². The number of aryl methyl sites for hydroxylation is 1. The Hall–Kier alpha value is -3.98. The molecule has 0 saturated heterocycles. The molecule has 0 aliphatic carbocycles. The molecule has 0 radical (unpaired) electrons. The fraction of sp³-hybridized carbons (Fsp3) is 0.182. The van der Waals surface area contributed by atoms with Crippen LogP contribution in [-0.4, -0.2) is 33.8 Å². The summed E-state index contributed by atoms with van der Waals surface area (Å²) in [5, 5.41) is 25.1. The minimum atomic E-state index is -1.32. The lowest BCUT2D eigenvalue weighted by Gasteiger charge is -2.13. The number of nitrogens with one attached hydrogen (secondary N) is 1. The number of amides is 1. The zero-order valence-electron chi connectivity index (χ0n) is 17.3. The molecule has 1 amide bonds. The zero-order chi connectivity index (χ0) is 22.5. The number of carbonyl (C=O) groups excluding carboxylic acids is 1. The first-order valence-corrected chi connectivity index (χ1v) is 9.41. The van der Waals surface area contributed by atoms with E-state index < -0.39 is 16.9 Å². The molecule has 0 aliphatic heterocycles. The largest absolute Gasteiger partial charge is 0.494 e. The smallest absolute Gasteiger partial charge is 0.273 e. The number of hydrogen-bond donors (Lipinski definition) is 2. The Morgan fingerprint density at radius 1 is 1.23 bits per heavy atom. The molecule has 0 unspecified atom stereocenters. The summed E-state index contributed by atoms with van der Waals surface area (Å²) in [4.78, 5) is 22.7. The van der Waals surface area contributed by atoms with Crippen LogP contribution in [0.15, 0.2) is 59.7 Å². The van der Waals surface area contributed by atoms with Gasteiger partial charge in [-0.05, 0) is 31.5 Å². The van der Waals surface area contributed by atoms with E-state index >= 15 is 0 Å². The quantitative estimate of drug-likeness (QED) is 0.344. The third-order valence-electron chi connectivity index (χ3n) is 4.83. The van der Waals surface area contributed by atoms with Crippen LogP contribution in [0.25, 0.3) is 5.69 Å². The van der Waals surface area contributed by atoms with Crippen LogP contribution in [-0.2, 0) is 4.79 Å². The first-order chi connectivity index (χ1) is 14.8. The first kappa shape index (κ1) is 21.7. The number of benzene rings is 2. The lowest BCUT2D eigenvalue weighted by atomic mass is 10.1. The van der Waals surface area contributed by atoms with Gasteiger partial charge in [-0.2, -0.15) is 5.10 Å². The maximum Gasteiger partial charge on any atom is 0.273 e. The summed E-state index contributed by atoms with van der Waals surface area (Å²) in [7, 11) is 1.45. The van der Waals surface area contributed by atoms with Gasteiger partial charge in [0, 0.05) is 23.0 Å². The number of nitrogens with zero attached hydrogens (tertiary/aromatic N) is 3. The molecule has 1 aromatic heterocycles. The van der Waals surface area contributed by atoms with Crippen LogP contribution in [0.4, 0.5) is 5.69 Å². The van der Waals surface area contributed by atoms with Crippen molar-refractivity contribution < 1.29 is 19.6 Å². The molecule has 3 aromatic rings. The van der Waals surface area contributed by atoms with Gasteiger partial charge in [0.05, 0.1) is 30.0 Å². The molecule has 0 fully saturated rings. The Labute approximate surface area is 178 Å². The topological polar surface area (TPSA) is 119 Å². The monoisotopic (exact) mass is 422 g/mol. The number of non-ortho nitro benzene ring substituents is 1. The summed E-state index contributed by atoms with van der Waals surface area (Å²) >= 11 is 0. The van der Waals surface area contributed by atoms with Crippen LogP contribution < -0.4 is 10.2 Å². The maximum absolute atomic E-state index is 12.1. The molecule has 160 valence electrons. The number of aromatic nitrogens is 1. The van der Waals surface area contributed by atoms with E-state index in [2.05, 4.69) is 10.5 Å². The minimum absolute atomic E-state index is 0.0652. The standard InChI is InChI=1S/C22H22N4O5/c1-14-11-17(13-23-24-22(28)21(27)16-7-5-4-6-8-16)15(2)25(14)19-10-9-18(26(29)30)12-20(19)31-3/h4-13,21,27H,1-3H3,(H,24,28)/b23-13-/t21-/m1/s1. The van der Waals surface area contributed by atoms with Gasteiger partial charge in [0.1, 0.15) is 5.75 Å². The van der Waals surface area contributed by atoms with Crippen molar-refractivity contribution in [3.8, 4) is 11.4 Å². The molecule has 0 saturated carbocycles. The molecule has 3 rings (SSSR count). The molecule has 0 bridgehead atoms. The summed E-state index contributed by atoms with van der Waals surface area (Å²) in [5.74, 6) is -0.285. The SMILES string of the molecule is COc1cc([N+](=O)[O-])ccc1-n1c(C)cc(/C=N\NC(=O)[C@H](O)c2ccccc2)c1C. The number of aliphatic hydroxyl groups is 1. The van der Waals surface area contributed by atoms with Crippen molar-refractivity contribution in [2.75, 3.05) is 7.11 Å². The molecular formula is C22H22N4O5. The van der Waals surface area contributed by atoms with Crippen LogP contribution in [0.3, 0.4) is 0 Å². The molecule has 0 aliphatic rings. The Bertz CT molecular complexity index is 1140. The average Bonchev–Trinajstić information content (AvgIpc) is 3.06. The molecule has 9 heteroatoms. The highest BCUT2D eigenvalue weighted by atomic mass is 16.6. The predicted octanol–water partition coefficient (Wildman–Crippen LogP) is 3.19. The zero-order valence-corrected chi connectivity index (χ0v) is 17.3. The van der Waals surface area contributed by atoms with Gasteiger partial charge in [-0.15, -0.1) is 0 Å². The lowest BCUT2D eigenvalue weighted by molar-refractivity contribution is -0.384. The van der Waals surface area contributed by atoms with Gasteiger partial charge in [0.2, 0.25) is 0 Å². The van der Waals surface area contributed by atoms with E-state index in [1.54, 1.807) is 36.4 Å². The van der Waals surface area contributed by atoms with Gasteiger partial charge in [0.15, 0.2) is 6.10 Å². The van der Waals surface area contributed by atoms with Crippen molar-refractivity contribution in [3.05, 3.63) is 87.2 Å². The minimum Gasteiger partial charge on any atom is -0.494 e. The highest BCUT2D eigenvalue weighted by Crippen LogP contribution is 2.31. The van der Waals surface area contributed by atoms with E-state index in [0.29, 0.717) is 17.0 Å². The fourth-order valence-electron chi connectivity index (χ4n) is 3.27. The van der Waals surface area contributed by atoms with Crippen molar-refractivity contribution >= 4 is 17.8 Å². The van der Waals surface area contributed by atoms with Crippen molar-refractivity contribution in [1.82, 2.24) is 9.99 Å². The van der Waals surface area contributed by atoms with Gasteiger partial charge >= 0.3 is 0 Å². The molecule has 1 atom stereocenters. The number of aliphatic hydroxyl groups excluding tert-OH is 1. The molecule has 0 spiro atoms. The Morgan fingerprint density at radius 3 is 2.58 bits per heavy atom. The van der Waals surface area contributed by atoms with Gasteiger partial charge in [0.25, 0.3) is 11.6 Å². The molecular weight excluding hydrogens is 400 g/mol. The van der Waals surface area contributed by atoms with Crippen molar-refractivity contribution in [2.24, 2.45) is 5.10 Å². The lowest BCUT2D eigenvalue weighted by Crippen LogP contribution is -2.25. The number of methoxy groups -OCH3 is 1. The summed E-state index contributed by atoms with van der Waals surface area (Å²) < 4.78 is 7.23. The number of hydrazone groups is 1. The Balaban J connectivity index is 1.82. The second-order valence-corrected chi connectivity index (χ2v) is 6.82. The molecule has 31 heavy (non-hydrogen) atoms. The number of hydrogen-bond acceptors (Lipinski definition) is 6. The maximum atomic E-state index is 12.1. The third-order valence-corrected chi connectivity index (χ3v) is 4.83. The molecule has 1 heterocycles.